The number of sulfonamides is 2. The molecule has 6 N–H and O–H groups in total. The summed E-state index contributed by atoms with van der Waals surface area (Å²) in [6, 6.07) is 2.61. The van der Waals surface area contributed by atoms with Crippen molar-refractivity contribution in [1.29, 1.82) is 0 Å². The second kappa shape index (κ2) is 8.99. The summed E-state index contributed by atoms with van der Waals surface area (Å²) < 4.78 is 54.5. The van der Waals surface area contributed by atoms with Crippen molar-refractivity contribution in [2.75, 3.05) is 37.7 Å². The maximum absolute atomic E-state index is 13.2. The van der Waals surface area contributed by atoms with E-state index in [1.165, 1.54) is 6.07 Å². The SMILES string of the molecule is NCN1CCN(c2ccc(S(=O)(=O)NC3CCCC3)c(S(N)(=O)=O)c2-c2nn[nH]n2)CC1. The van der Waals surface area contributed by atoms with Gasteiger partial charge in [-0.05, 0) is 30.2 Å². The normalized spacial score (nSPS) is 19.0. The number of nitrogens with one attached hydrogen (secondary N) is 2. The van der Waals surface area contributed by atoms with Crippen LogP contribution in [0.4, 0.5) is 5.69 Å². The van der Waals surface area contributed by atoms with E-state index < -0.39 is 29.8 Å². The van der Waals surface area contributed by atoms with Gasteiger partial charge in [-0.1, -0.05) is 12.8 Å². The molecule has 2 aliphatic rings. The number of anilines is 1. The number of aromatic nitrogens is 4. The van der Waals surface area contributed by atoms with E-state index in [0.29, 0.717) is 51.4 Å². The van der Waals surface area contributed by atoms with Crippen molar-refractivity contribution >= 4 is 25.7 Å². The predicted octanol–water partition coefficient (Wildman–Crippen LogP) is -1.23. The number of benzene rings is 1. The van der Waals surface area contributed by atoms with Crippen molar-refractivity contribution in [3.63, 3.8) is 0 Å². The molecule has 1 aromatic carbocycles. The number of primary sulfonamides is 1. The third-order valence-electron chi connectivity index (χ3n) is 5.89. The quantitative estimate of drug-likeness (QED) is 0.369. The minimum Gasteiger partial charge on any atom is -0.368 e. The van der Waals surface area contributed by atoms with Gasteiger partial charge in [-0.15, -0.1) is 10.2 Å². The van der Waals surface area contributed by atoms with E-state index >= 15 is 0 Å². The van der Waals surface area contributed by atoms with Crippen LogP contribution in [0.1, 0.15) is 25.7 Å². The number of nitrogens with two attached hydrogens (primary N) is 2. The van der Waals surface area contributed by atoms with Crippen LogP contribution in [0.15, 0.2) is 21.9 Å². The predicted molar refractivity (Wildman–Crippen MR) is 116 cm³/mol. The molecule has 0 amide bonds. The lowest BCUT2D eigenvalue weighted by Crippen LogP contribution is -2.48. The molecule has 1 aromatic heterocycles. The second-order valence-corrected chi connectivity index (χ2v) is 11.1. The molecular formula is C17H27N9O4S2. The average molecular weight is 486 g/mol. The molecule has 4 rings (SSSR count). The zero-order chi connectivity index (χ0) is 22.9. The number of hydrogen-bond acceptors (Lipinski definition) is 10. The van der Waals surface area contributed by atoms with E-state index in [1.807, 2.05) is 4.90 Å². The Balaban J connectivity index is 1.87. The molecule has 1 saturated heterocycles. The van der Waals surface area contributed by atoms with E-state index in [2.05, 4.69) is 30.2 Å². The molecule has 0 unspecified atom stereocenters. The first-order chi connectivity index (χ1) is 15.2. The lowest BCUT2D eigenvalue weighted by molar-refractivity contribution is 0.265. The van der Waals surface area contributed by atoms with Crippen LogP contribution in [0, 0.1) is 0 Å². The first kappa shape index (κ1) is 23.0. The van der Waals surface area contributed by atoms with Gasteiger partial charge in [-0.2, -0.15) is 5.21 Å². The van der Waals surface area contributed by atoms with E-state index in [0.717, 1.165) is 12.8 Å². The van der Waals surface area contributed by atoms with Gasteiger partial charge in [0.1, 0.15) is 9.79 Å². The van der Waals surface area contributed by atoms with Crippen molar-refractivity contribution in [2.24, 2.45) is 10.9 Å². The van der Waals surface area contributed by atoms with Gasteiger partial charge in [0.2, 0.25) is 25.9 Å². The summed E-state index contributed by atoms with van der Waals surface area (Å²) in [6.07, 6.45) is 3.23. The van der Waals surface area contributed by atoms with E-state index in [1.54, 1.807) is 6.07 Å². The summed E-state index contributed by atoms with van der Waals surface area (Å²) >= 11 is 0. The molecule has 2 fully saturated rings. The molecule has 13 nitrogen and oxygen atoms in total. The monoisotopic (exact) mass is 485 g/mol. The third-order valence-corrected chi connectivity index (χ3v) is 8.58. The fraction of sp³-hybridized carbons (Fsp3) is 0.588. The lowest BCUT2D eigenvalue weighted by atomic mass is 10.1. The van der Waals surface area contributed by atoms with Gasteiger partial charge in [0.05, 0.1) is 5.56 Å². The van der Waals surface area contributed by atoms with Gasteiger partial charge in [-0.25, -0.2) is 26.7 Å². The van der Waals surface area contributed by atoms with E-state index in [-0.39, 0.29) is 17.4 Å². The zero-order valence-corrected chi connectivity index (χ0v) is 19.1. The van der Waals surface area contributed by atoms with Crippen LogP contribution in [-0.4, -0.2) is 81.2 Å². The minimum absolute atomic E-state index is 0.0109. The van der Waals surface area contributed by atoms with Gasteiger partial charge in [0.25, 0.3) is 0 Å². The first-order valence-electron chi connectivity index (χ1n) is 10.3. The summed E-state index contributed by atoms with van der Waals surface area (Å²) in [6.45, 7) is 2.85. The average Bonchev–Trinajstić information content (AvgIpc) is 3.46. The molecule has 32 heavy (non-hydrogen) atoms. The van der Waals surface area contributed by atoms with Crippen LogP contribution < -0.4 is 20.5 Å². The Bertz CT molecular complexity index is 1150. The molecule has 1 saturated carbocycles. The van der Waals surface area contributed by atoms with E-state index in [9.17, 15) is 16.8 Å². The summed E-state index contributed by atoms with van der Waals surface area (Å²) in [7, 11) is -8.65. The largest absolute Gasteiger partial charge is 0.368 e. The minimum atomic E-state index is -4.48. The molecule has 176 valence electrons. The second-order valence-electron chi connectivity index (χ2n) is 7.96. The molecular weight excluding hydrogens is 458 g/mol. The van der Waals surface area contributed by atoms with Crippen molar-refractivity contribution in [2.45, 2.75) is 41.5 Å². The van der Waals surface area contributed by atoms with Crippen molar-refractivity contribution in [3.8, 4) is 11.4 Å². The van der Waals surface area contributed by atoms with Crippen molar-refractivity contribution < 1.29 is 16.8 Å². The Morgan fingerprint density at radius 1 is 1.09 bits per heavy atom. The number of H-pyrrole nitrogens is 1. The number of aromatic amines is 1. The number of hydrogen-bond donors (Lipinski definition) is 4. The van der Waals surface area contributed by atoms with Crippen LogP contribution >= 0.6 is 0 Å². The third kappa shape index (κ3) is 4.62. The Hall–Kier alpha value is -2.17. The highest BCUT2D eigenvalue weighted by atomic mass is 32.2. The maximum atomic E-state index is 13.2. The number of nitrogens with zero attached hydrogens (tertiary/aromatic N) is 5. The summed E-state index contributed by atoms with van der Waals surface area (Å²) in [5.74, 6) is -0.0526. The Labute approximate surface area is 186 Å². The molecule has 0 radical (unpaired) electrons. The molecule has 2 aromatic rings. The van der Waals surface area contributed by atoms with Crippen LogP contribution in [0.5, 0.6) is 0 Å². The highest BCUT2D eigenvalue weighted by molar-refractivity contribution is 7.92. The molecule has 15 heteroatoms. The van der Waals surface area contributed by atoms with Gasteiger partial charge < -0.3 is 10.6 Å². The van der Waals surface area contributed by atoms with E-state index in [4.69, 9.17) is 10.9 Å². The maximum Gasteiger partial charge on any atom is 0.242 e. The van der Waals surface area contributed by atoms with Crippen molar-refractivity contribution in [3.05, 3.63) is 12.1 Å². The first-order valence-corrected chi connectivity index (χ1v) is 13.4. The molecule has 0 bridgehead atoms. The highest BCUT2D eigenvalue weighted by Crippen LogP contribution is 2.38. The van der Waals surface area contributed by atoms with Crippen LogP contribution in [0.3, 0.4) is 0 Å². The fourth-order valence-electron chi connectivity index (χ4n) is 4.29. The summed E-state index contributed by atoms with van der Waals surface area (Å²) in [5, 5.41) is 19.3. The number of tetrazole rings is 1. The van der Waals surface area contributed by atoms with Gasteiger partial charge in [0.15, 0.2) is 0 Å². The van der Waals surface area contributed by atoms with Crippen LogP contribution in [0.25, 0.3) is 11.4 Å². The van der Waals surface area contributed by atoms with Gasteiger partial charge >= 0.3 is 0 Å². The topological polar surface area (TPSA) is 193 Å². The summed E-state index contributed by atoms with van der Waals surface area (Å²) in [5.41, 5.74) is 6.19. The highest BCUT2D eigenvalue weighted by Gasteiger charge is 2.35. The molecule has 1 aliphatic heterocycles. The van der Waals surface area contributed by atoms with Crippen LogP contribution in [0.2, 0.25) is 0 Å². The van der Waals surface area contributed by atoms with Crippen LogP contribution in [-0.2, 0) is 20.0 Å². The molecule has 0 atom stereocenters. The smallest absolute Gasteiger partial charge is 0.242 e. The lowest BCUT2D eigenvalue weighted by Gasteiger charge is -2.36. The number of piperazine rings is 1. The summed E-state index contributed by atoms with van der Waals surface area (Å²) in [4.78, 5) is 3.03. The molecule has 1 aliphatic carbocycles. The Morgan fingerprint density at radius 3 is 2.34 bits per heavy atom. The standard InChI is InChI=1S/C17H27N9O4S2/c18-11-25-7-9-26(10-8-25)13-5-6-14(32(29,30)22-12-3-1-2-4-12)16(31(19,27)28)15(13)17-20-23-24-21-17/h5-6,12,22H,1-4,7-11,18H2,(H2,19,27,28)(H,20,21,23,24). The molecule has 0 spiro atoms. The zero-order valence-electron chi connectivity index (χ0n) is 17.4. The Kier molecular flexibility index (Phi) is 6.46. The van der Waals surface area contributed by atoms with Crippen molar-refractivity contribution in [1.82, 2.24) is 30.2 Å². The van der Waals surface area contributed by atoms with Gasteiger partial charge in [-0.3, -0.25) is 4.90 Å². The fourth-order valence-corrected chi connectivity index (χ4v) is 7.19. The molecule has 2 heterocycles. The number of rotatable bonds is 7. The van der Waals surface area contributed by atoms with Gasteiger partial charge in [0, 0.05) is 44.6 Å². The Morgan fingerprint density at radius 2 is 1.78 bits per heavy atom.